The van der Waals surface area contributed by atoms with Crippen LogP contribution in [0.15, 0.2) is 95.9 Å². The van der Waals surface area contributed by atoms with Crippen molar-refractivity contribution in [1.82, 2.24) is 4.13 Å². The van der Waals surface area contributed by atoms with E-state index in [9.17, 15) is 25.8 Å². The molecule has 4 N–H and O–H groups in total. The summed E-state index contributed by atoms with van der Waals surface area (Å²) in [5.41, 5.74) is -1.11. The third-order valence-electron chi connectivity index (χ3n) is 5.54. The van der Waals surface area contributed by atoms with E-state index in [-0.39, 0.29) is 0 Å². The maximum Gasteiger partial charge on any atom is 0.486 e. The molecule has 0 bridgehead atoms. The number of rotatable bonds is 11. The van der Waals surface area contributed by atoms with E-state index in [4.69, 9.17) is 9.47 Å². The van der Waals surface area contributed by atoms with Crippen LogP contribution in [0.3, 0.4) is 0 Å². The number of hydrogen-bond acceptors (Lipinski definition) is 8. The molecule has 1 atom stereocenters. The van der Waals surface area contributed by atoms with Crippen molar-refractivity contribution >= 4 is 55.1 Å². The summed E-state index contributed by atoms with van der Waals surface area (Å²) in [6, 6.07) is 25.2. The van der Waals surface area contributed by atoms with Gasteiger partial charge in [0.25, 0.3) is 10.0 Å². The maximum atomic E-state index is 12.6. The predicted octanol–water partition coefficient (Wildman–Crippen LogP) is 6.40. The van der Waals surface area contributed by atoms with Crippen molar-refractivity contribution < 1.29 is 35.3 Å². The Hall–Kier alpha value is -4.27. The normalized spacial score (nSPS) is 12.3. The minimum atomic E-state index is -5.23. The van der Waals surface area contributed by atoms with E-state index in [1.807, 2.05) is 66.7 Å². The SMILES string of the molecule is COc1ccc(Nc2cc(Nc3ccc(OC)cc3)cc(Nc3ccc(S(=O)(=O)NS(=O)C(F)(F)F)cc3)c2)cc1. The number of ether oxygens (including phenoxy) is 2. The summed E-state index contributed by atoms with van der Waals surface area (Å²) in [4.78, 5) is -0.475. The van der Waals surface area contributed by atoms with Crippen molar-refractivity contribution in [3.05, 3.63) is 91.0 Å². The van der Waals surface area contributed by atoms with Crippen molar-refractivity contribution in [3.8, 4) is 11.5 Å². The Bertz CT molecular complexity index is 1550. The zero-order valence-corrected chi connectivity index (χ0v) is 23.3. The van der Waals surface area contributed by atoms with Crippen LogP contribution >= 0.6 is 0 Å². The minimum Gasteiger partial charge on any atom is -0.497 e. The third-order valence-corrected chi connectivity index (χ3v) is 8.34. The third kappa shape index (κ3) is 8.13. The number of benzene rings is 4. The molecule has 9 nitrogen and oxygen atoms in total. The second-order valence-electron chi connectivity index (χ2n) is 8.46. The van der Waals surface area contributed by atoms with Crippen molar-refractivity contribution in [2.45, 2.75) is 10.4 Å². The van der Waals surface area contributed by atoms with Crippen LogP contribution in [0.1, 0.15) is 0 Å². The molecule has 4 rings (SSSR count). The number of sulfonamides is 1. The lowest BCUT2D eigenvalue weighted by Crippen LogP contribution is -2.34. The minimum absolute atomic E-state index is 0.456. The summed E-state index contributed by atoms with van der Waals surface area (Å²) in [6.07, 6.45) is 0. The van der Waals surface area contributed by atoms with Gasteiger partial charge in [-0.3, -0.25) is 0 Å². The average Bonchev–Trinajstić information content (AvgIpc) is 2.93. The van der Waals surface area contributed by atoms with E-state index in [0.717, 1.165) is 27.6 Å². The number of nitrogens with one attached hydrogen (secondary N) is 4. The molecule has 0 fully saturated rings. The van der Waals surface area contributed by atoms with Crippen LogP contribution in [-0.4, -0.2) is 32.4 Å². The monoisotopic (exact) mass is 606 g/mol. The van der Waals surface area contributed by atoms with Gasteiger partial charge in [-0.25, -0.2) is 12.6 Å². The molecule has 0 saturated carbocycles. The van der Waals surface area contributed by atoms with E-state index in [1.165, 1.54) is 12.1 Å². The lowest BCUT2D eigenvalue weighted by Gasteiger charge is -2.15. The molecule has 1 unspecified atom stereocenters. The highest BCUT2D eigenvalue weighted by molar-refractivity contribution is 8.02. The summed E-state index contributed by atoms with van der Waals surface area (Å²) in [7, 11) is -5.27. The molecule has 0 heterocycles. The van der Waals surface area contributed by atoms with Crippen LogP contribution in [0, 0.1) is 0 Å². The van der Waals surface area contributed by atoms with Gasteiger partial charge in [0, 0.05) is 34.1 Å². The number of methoxy groups -OCH3 is 2. The maximum absolute atomic E-state index is 12.6. The zero-order valence-electron chi connectivity index (χ0n) is 21.7. The zero-order chi connectivity index (χ0) is 29.6. The van der Waals surface area contributed by atoms with E-state index in [0.29, 0.717) is 34.2 Å². The lowest BCUT2D eigenvalue weighted by atomic mass is 10.2. The van der Waals surface area contributed by atoms with Crippen LogP contribution < -0.4 is 29.6 Å². The van der Waals surface area contributed by atoms with Gasteiger partial charge in [0.1, 0.15) is 11.5 Å². The second-order valence-corrected chi connectivity index (χ2v) is 11.6. The van der Waals surface area contributed by atoms with Crippen molar-refractivity contribution in [1.29, 1.82) is 0 Å². The summed E-state index contributed by atoms with van der Waals surface area (Å²) >= 11 is 0. The summed E-state index contributed by atoms with van der Waals surface area (Å²) in [5, 5.41) is 9.80. The quantitative estimate of drug-likeness (QED) is 0.155. The molecule has 14 heteroatoms. The van der Waals surface area contributed by atoms with Gasteiger partial charge in [-0.15, -0.1) is 4.13 Å². The second kappa shape index (κ2) is 12.5. The van der Waals surface area contributed by atoms with E-state index in [1.54, 1.807) is 14.2 Å². The van der Waals surface area contributed by atoms with Gasteiger partial charge in [0.2, 0.25) is 11.0 Å². The fourth-order valence-corrected chi connectivity index (χ4v) is 5.66. The van der Waals surface area contributed by atoms with Gasteiger partial charge in [-0.1, -0.05) is 0 Å². The molecule has 4 aromatic carbocycles. The molecule has 4 aromatic rings. The largest absolute Gasteiger partial charge is 0.497 e. The van der Waals surface area contributed by atoms with E-state index in [2.05, 4.69) is 16.0 Å². The molecule has 0 aliphatic heterocycles. The highest BCUT2D eigenvalue weighted by Gasteiger charge is 2.40. The average molecular weight is 607 g/mol. The first-order valence-electron chi connectivity index (χ1n) is 11.8. The number of alkyl halides is 3. The van der Waals surface area contributed by atoms with Gasteiger partial charge in [0.15, 0.2) is 0 Å². The Morgan fingerprint density at radius 2 is 0.951 bits per heavy atom. The Balaban J connectivity index is 1.58. The van der Waals surface area contributed by atoms with Gasteiger partial charge in [-0.2, -0.15) is 13.2 Å². The first-order valence-corrected chi connectivity index (χ1v) is 14.4. The van der Waals surface area contributed by atoms with Gasteiger partial charge in [0.05, 0.1) is 19.1 Å². The fraction of sp³-hybridized carbons (Fsp3) is 0.111. The smallest absolute Gasteiger partial charge is 0.486 e. The predicted molar refractivity (Wildman–Crippen MR) is 153 cm³/mol. The molecule has 0 aromatic heterocycles. The number of hydrogen-bond donors (Lipinski definition) is 4. The van der Waals surface area contributed by atoms with Gasteiger partial charge >= 0.3 is 5.51 Å². The first kappa shape index (κ1) is 29.7. The summed E-state index contributed by atoms with van der Waals surface area (Å²) in [5.74, 6) is 1.41. The van der Waals surface area contributed by atoms with Crippen LogP contribution in [0.25, 0.3) is 0 Å². The molecule has 0 spiro atoms. The number of halogens is 3. The molecule has 0 amide bonds. The van der Waals surface area contributed by atoms with Crippen molar-refractivity contribution in [2.75, 3.05) is 30.2 Å². The lowest BCUT2D eigenvalue weighted by molar-refractivity contribution is -0.0389. The Labute approximate surface area is 237 Å². The molecular formula is C27H25F3N4O5S2. The standard InChI is InChI=1S/C27H25F3N4O5S2/c1-38-24-9-3-18(4-10-24)31-21-15-22(32-19-5-11-25(39-2)12-6-19)17-23(16-21)33-20-7-13-26(14-8-20)41(36,37)34-40(35)27(28,29)30/h3-17,31-34H,1-2H3. The molecule has 0 aliphatic carbocycles. The summed E-state index contributed by atoms with van der Waals surface area (Å²) in [6.45, 7) is 0. The molecule has 0 saturated heterocycles. The van der Waals surface area contributed by atoms with E-state index >= 15 is 0 Å². The van der Waals surface area contributed by atoms with Crippen LogP contribution in [0.2, 0.25) is 0 Å². The fourth-order valence-electron chi connectivity index (χ4n) is 3.61. The van der Waals surface area contributed by atoms with E-state index < -0.39 is 31.4 Å². The molecule has 0 radical (unpaired) electrons. The molecule has 216 valence electrons. The van der Waals surface area contributed by atoms with Crippen LogP contribution in [0.5, 0.6) is 11.5 Å². The molecule has 0 aliphatic rings. The van der Waals surface area contributed by atoms with Crippen LogP contribution in [0.4, 0.5) is 47.3 Å². The topological polar surface area (TPSA) is 118 Å². The van der Waals surface area contributed by atoms with Gasteiger partial charge in [-0.05, 0) is 91.0 Å². The molecular weight excluding hydrogens is 581 g/mol. The van der Waals surface area contributed by atoms with Gasteiger partial charge < -0.3 is 25.4 Å². The highest BCUT2D eigenvalue weighted by Crippen LogP contribution is 2.31. The van der Waals surface area contributed by atoms with Crippen LogP contribution in [-0.2, 0) is 21.0 Å². The summed E-state index contributed by atoms with van der Waals surface area (Å²) < 4.78 is 84.8. The Kier molecular flexibility index (Phi) is 9.05. The van der Waals surface area contributed by atoms with Crippen molar-refractivity contribution in [3.63, 3.8) is 0 Å². The molecule has 41 heavy (non-hydrogen) atoms. The van der Waals surface area contributed by atoms with Crippen molar-refractivity contribution in [2.24, 2.45) is 0 Å². The highest BCUT2D eigenvalue weighted by atomic mass is 32.3. The Morgan fingerprint density at radius 3 is 1.27 bits per heavy atom. The number of anilines is 6. The Morgan fingerprint density at radius 1 is 0.610 bits per heavy atom. The first-order chi connectivity index (χ1) is 19.4.